The molecule has 0 bridgehead atoms. The Morgan fingerprint density at radius 3 is 2.40 bits per heavy atom. The smallest absolute Gasteiger partial charge is 0.158 e. The standard InChI is InChI=1S/C15H25BrN2O2/c1-15(11-17,9-14(19-3)20-4)18(2)10-12-7-5-6-8-13(12)16/h5-8,14H,9-11,17H2,1-4H3. The van der Waals surface area contributed by atoms with Gasteiger partial charge < -0.3 is 15.2 Å². The van der Waals surface area contributed by atoms with E-state index < -0.39 is 0 Å². The number of methoxy groups -OCH3 is 2. The van der Waals surface area contributed by atoms with Gasteiger partial charge in [-0.2, -0.15) is 0 Å². The summed E-state index contributed by atoms with van der Waals surface area (Å²) in [6, 6.07) is 8.22. The summed E-state index contributed by atoms with van der Waals surface area (Å²) < 4.78 is 11.7. The van der Waals surface area contributed by atoms with Gasteiger partial charge >= 0.3 is 0 Å². The molecule has 0 radical (unpaired) electrons. The molecule has 0 saturated carbocycles. The van der Waals surface area contributed by atoms with Crippen LogP contribution in [0.15, 0.2) is 28.7 Å². The predicted octanol–water partition coefficient (Wildman–Crippen LogP) is 2.61. The van der Waals surface area contributed by atoms with E-state index in [1.54, 1.807) is 14.2 Å². The van der Waals surface area contributed by atoms with E-state index in [1.165, 1.54) is 5.56 Å². The average Bonchev–Trinajstić information content (AvgIpc) is 2.46. The van der Waals surface area contributed by atoms with Crippen molar-refractivity contribution in [2.24, 2.45) is 5.73 Å². The van der Waals surface area contributed by atoms with Crippen LogP contribution in [-0.4, -0.2) is 44.5 Å². The molecule has 2 N–H and O–H groups in total. The molecule has 0 aromatic heterocycles. The van der Waals surface area contributed by atoms with Gasteiger partial charge in [0.25, 0.3) is 0 Å². The largest absolute Gasteiger partial charge is 0.356 e. The molecule has 20 heavy (non-hydrogen) atoms. The zero-order valence-corrected chi connectivity index (χ0v) is 14.3. The molecule has 0 fully saturated rings. The topological polar surface area (TPSA) is 47.7 Å². The first kappa shape index (κ1) is 17.6. The minimum atomic E-state index is -0.245. The zero-order chi connectivity index (χ0) is 15.2. The van der Waals surface area contributed by atoms with Gasteiger partial charge in [0.2, 0.25) is 0 Å². The first-order chi connectivity index (χ1) is 9.46. The van der Waals surface area contributed by atoms with Gasteiger partial charge in [0.15, 0.2) is 6.29 Å². The second-order valence-corrected chi connectivity index (χ2v) is 6.11. The Morgan fingerprint density at radius 2 is 1.90 bits per heavy atom. The molecule has 0 saturated heterocycles. The van der Waals surface area contributed by atoms with Gasteiger partial charge in [-0.3, -0.25) is 4.90 Å². The zero-order valence-electron chi connectivity index (χ0n) is 12.7. The van der Waals surface area contributed by atoms with Gasteiger partial charge in [-0.25, -0.2) is 0 Å². The summed E-state index contributed by atoms with van der Waals surface area (Å²) in [4.78, 5) is 2.25. The third-order valence-corrected chi connectivity index (χ3v) is 4.63. The van der Waals surface area contributed by atoms with Crippen LogP contribution in [0.2, 0.25) is 0 Å². The van der Waals surface area contributed by atoms with Crippen molar-refractivity contribution in [2.75, 3.05) is 27.8 Å². The maximum atomic E-state index is 5.99. The number of halogens is 1. The van der Waals surface area contributed by atoms with Gasteiger partial charge in [-0.1, -0.05) is 34.1 Å². The first-order valence-electron chi connectivity index (χ1n) is 6.67. The van der Waals surface area contributed by atoms with Gasteiger partial charge in [0.05, 0.1) is 0 Å². The molecule has 114 valence electrons. The number of benzene rings is 1. The van der Waals surface area contributed by atoms with Crippen molar-refractivity contribution in [3.63, 3.8) is 0 Å². The van der Waals surface area contributed by atoms with Crippen molar-refractivity contribution in [1.82, 2.24) is 4.90 Å². The highest BCUT2D eigenvalue weighted by Crippen LogP contribution is 2.25. The molecule has 1 unspecified atom stereocenters. The third kappa shape index (κ3) is 4.53. The van der Waals surface area contributed by atoms with Crippen molar-refractivity contribution in [3.05, 3.63) is 34.3 Å². The maximum absolute atomic E-state index is 5.99. The molecule has 0 amide bonds. The quantitative estimate of drug-likeness (QED) is 0.736. The summed E-state index contributed by atoms with van der Waals surface area (Å²) >= 11 is 3.58. The fourth-order valence-electron chi connectivity index (χ4n) is 2.09. The normalized spacial score (nSPS) is 14.8. The molecule has 0 aliphatic rings. The van der Waals surface area contributed by atoms with Crippen molar-refractivity contribution >= 4 is 15.9 Å². The Balaban J connectivity index is 2.80. The second kappa shape index (κ2) is 8.10. The predicted molar refractivity (Wildman–Crippen MR) is 85.5 cm³/mol. The Bertz CT molecular complexity index is 413. The van der Waals surface area contributed by atoms with Crippen LogP contribution in [0.3, 0.4) is 0 Å². The summed E-state index contributed by atoms with van der Waals surface area (Å²) in [5.74, 6) is 0. The molecule has 1 aromatic carbocycles. The van der Waals surface area contributed by atoms with Crippen molar-refractivity contribution in [2.45, 2.75) is 31.7 Å². The van der Waals surface area contributed by atoms with Crippen LogP contribution in [0, 0.1) is 0 Å². The highest BCUT2D eigenvalue weighted by molar-refractivity contribution is 9.10. The van der Waals surface area contributed by atoms with Gasteiger partial charge in [0, 0.05) is 43.7 Å². The summed E-state index contributed by atoms with van der Waals surface area (Å²) in [6.45, 7) is 3.49. The minimum absolute atomic E-state index is 0.189. The van der Waals surface area contributed by atoms with E-state index in [9.17, 15) is 0 Å². The van der Waals surface area contributed by atoms with Crippen LogP contribution in [0.5, 0.6) is 0 Å². The van der Waals surface area contributed by atoms with E-state index in [2.05, 4.69) is 46.9 Å². The number of ether oxygens (including phenoxy) is 2. The molecule has 5 heteroatoms. The maximum Gasteiger partial charge on any atom is 0.158 e. The lowest BCUT2D eigenvalue weighted by atomic mass is 9.95. The van der Waals surface area contributed by atoms with Gasteiger partial charge in [0.1, 0.15) is 0 Å². The van der Waals surface area contributed by atoms with E-state index in [0.717, 1.165) is 17.4 Å². The van der Waals surface area contributed by atoms with E-state index in [1.807, 2.05) is 12.1 Å². The van der Waals surface area contributed by atoms with Crippen LogP contribution in [0.1, 0.15) is 18.9 Å². The van der Waals surface area contributed by atoms with Crippen molar-refractivity contribution < 1.29 is 9.47 Å². The van der Waals surface area contributed by atoms with E-state index in [4.69, 9.17) is 15.2 Å². The third-order valence-electron chi connectivity index (χ3n) is 3.86. The second-order valence-electron chi connectivity index (χ2n) is 5.25. The number of likely N-dealkylation sites (N-methyl/N-ethyl adjacent to an activating group) is 1. The summed E-state index contributed by atoms with van der Waals surface area (Å²) in [6.07, 6.45) is 0.475. The number of nitrogens with two attached hydrogens (primary N) is 1. The van der Waals surface area contributed by atoms with Gasteiger partial charge in [-0.15, -0.1) is 0 Å². The number of nitrogens with zero attached hydrogens (tertiary/aromatic N) is 1. The summed E-state index contributed by atoms with van der Waals surface area (Å²) in [5.41, 5.74) is 7.04. The van der Waals surface area contributed by atoms with E-state index >= 15 is 0 Å². The Kier molecular flexibility index (Phi) is 7.12. The number of rotatable bonds is 8. The van der Waals surface area contributed by atoms with Crippen LogP contribution in [-0.2, 0) is 16.0 Å². The molecular formula is C15H25BrN2O2. The molecule has 0 aliphatic heterocycles. The lowest BCUT2D eigenvalue weighted by Crippen LogP contribution is -2.51. The Hall–Kier alpha value is -0.460. The summed E-state index contributed by atoms with van der Waals surface area (Å²) in [5, 5.41) is 0. The van der Waals surface area contributed by atoms with E-state index in [0.29, 0.717) is 6.54 Å². The van der Waals surface area contributed by atoms with Crippen LogP contribution in [0.4, 0.5) is 0 Å². The lowest BCUT2D eigenvalue weighted by molar-refractivity contribution is -0.127. The van der Waals surface area contributed by atoms with Crippen LogP contribution < -0.4 is 5.73 Å². The SMILES string of the molecule is COC(CC(C)(CN)N(C)Cc1ccccc1Br)OC. The molecule has 1 rings (SSSR count). The number of hydrogen-bond donors (Lipinski definition) is 1. The highest BCUT2D eigenvalue weighted by Gasteiger charge is 2.31. The monoisotopic (exact) mass is 344 g/mol. The van der Waals surface area contributed by atoms with E-state index in [-0.39, 0.29) is 11.8 Å². The summed E-state index contributed by atoms with van der Waals surface area (Å²) in [7, 11) is 5.38. The molecule has 0 aliphatic carbocycles. The van der Waals surface area contributed by atoms with Crippen LogP contribution >= 0.6 is 15.9 Å². The minimum Gasteiger partial charge on any atom is -0.356 e. The molecule has 0 heterocycles. The van der Waals surface area contributed by atoms with Crippen molar-refractivity contribution in [1.29, 1.82) is 0 Å². The number of hydrogen-bond acceptors (Lipinski definition) is 4. The Labute approximate surface area is 130 Å². The highest BCUT2D eigenvalue weighted by atomic mass is 79.9. The average molecular weight is 345 g/mol. The molecule has 0 spiro atoms. The van der Waals surface area contributed by atoms with Gasteiger partial charge in [-0.05, 0) is 25.6 Å². The fraction of sp³-hybridized carbons (Fsp3) is 0.600. The first-order valence-corrected chi connectivity index (χ1v) is 7.46. The molecule has 1 aromatic rings. The Morgan fingerprint density at radius 1 is 1.30 bits per heavy atom. The van der Waals surface area contributed by atoms with Crippen molar-refractivity contribution in [3.8, 4) is 0 Å². The lowest BCUT2D eigenvalue weighted by Gasteiger charge is -2.40. The fourth-order valence-corrected chi connectivity index (χ4v) is 2.50. The molecule has 4 nitrogen and oxygen atoms in total. The molecular weight excluding hydrogens is 320 g/mol. The molecule has 1 atom stereocenters. The van der Waals surface area contributed by atoms with Crippen LogP contribution in [0.25, 0.3) is 0 Å².